The van der Waals surface area contributed by atoms with E-state index in [2.05, 4.69) is 10.00 Å². The van der Waals surface area contributed by atoms with E-state index in [0.717, 1.165) is 18.6 Å². The maximum absolute atomic E-state index is 10.1. The van der Waals surface area contributed by atoms with Gasteiger partial charge in [0.1, 0.15) is 0 Å². The normalized spacial score (nSPS) is 17.4. The Bertz CT molecular complexity index is 448. The summed E-state index contributed by atoms with van der Waals surface area (Å²) in [5.74, 6) is 0. The van der Waals surface area contributed by atoms with Crippen molar-refractivity contribution < 1.29 is 9.76 Å². The first-order valence-corrected chi connectivity index (χ1v) is 7.76. The second-order valence-corrected chi connectivity index (χ2v) is 6.89. The summed E-state index contributed by atoms with van der Waals surface area (Å²) in [4.78, 5) is 2.47. The molecule has 1 fully saturated rings. The topological polar surface area (TPSA) is 50.5 Å². The Morgan fingerprint density at radius 1 is 1.24 bits per heavy atom. The molecule has 1 saturated heterocycles. The smallest absolute Gasteiger partial charge is 0.334 e. The van der Waals surface area contributed by atoms with E-state index in [9.17, 15) is 5.11 Å². The van der Waals surface area contributed by atoms with Crippen molar-refractivity contribution in [3.05, 3.63) is 12.4 Å². The van der Waals surface area contributed by atoms with Crippen LogP contribution in [0.2, 0.25) is 0 Å². The molecule has 1 aromatic heterocycles. The number of hydrogen-bond donors (Lipinski definition) is 1. The van der Waals surface area contributed by atoms with Crippen LogP contribution >= 0.6 is 0 Å². The van der Waals surface area contributed by atoms with E-state index in [1.165, 1.54) is 25.9 Å². The molecule has 117 valence electrons. The Morgan fingerprint density at radius 2 is 1.90 bits per heavy atom. The summed E-state index contributed by atoms with van der Waals surface area (Å²) in [6.07, 6.45) is 6.41. The highest BCUT2D eigenvalue weighted by Gasteiger charge is 2.35. The van der Waals surface area contributed by atoms with E-state index < -0.39 is 11.2 Å². The molecule has 0 unspecified atom stereocenters. The summed E-state index contributed by atoms with van der Waals surface area (Å²) in [5, 5.41) is 14.4. The maximum atomic E-state index is 10.1. The molecule has 5 nitrogen and oxygen atoms in total. The minimum absolute atomic E-state index is 0.648. The highest BCUT2D eigenvalue weighted by Crippen LogP contribution is 2.24. The van der Waals surface area contributed by atoms with Crippen molar-refractivity contribution in [1.82, 2.24) is 14.7 Å². The van der Waals surface area contributed by atoms with Crippen molar-refractivity contribution in [3.8, 4) is 0 Å². The van der Waals surface area contributed by atoms with Crippen molar-refractivity contribution in [2.24, 2.45) is 0 Å². The quantitative estimate of drug-likeness (QED) is 0.755. The van der Waals surface area contributed by atoms with E-state index in [1.54, 1.807) is 27.5 Å². The summed E-state index contributed by atoms with van der Waals surface area (Å²) in [7, 11) is 1.68. The molecule has 6 heteroatoms. The molecule has 0 atom stereocenters. The van der Waals surface area contributed by atoms with Crippen LogP contribution in [-0.2, 0) is 11.2 Å². The number of hydrogen-bond acceptors (Lipinski definition) is 4. The SMILES string of the molecule is CC(C)(O)C(C)(C)O[B]c1cnn(CCN2CCCC2)c1. The van der Waals surface area contributed by atoms with Crippen molar-refractivity contribution >= 4 is 12.9 Å². The van der Waals surface area contributed by atoms with E-state index in [4.69, 9.17) is 4.65 Å². The molecule has 0 bridgehead atoms. The molecule has 0 aromatic carbocycles. The molecular formula is C15H27BN3O2. The lowest BCUT2D eigenvalue weighted by Gasteiger charge is -2.37. The van der Waals surface area contributed by atoms with Gasteiger partial charge < -0.3 is 14.7 Å². The van der Waals surface area contributed by atoms with Crippen LogP contribution in [0, 0.1) is 0 Å². The molecule has 21 heavy (non-hydrogen) atoms. The average Bonchev–Trinajstić information content (AvgIpc) is 3.04. The third kappa shape index (κ3) is 4.56. The van der Waals surface area contributed by atoms with Crippen LogP contribution in [0.25, 0.3) is 0 Å². The van der Waals surface area contributed by atoms with Crippen molar-refractivity contribution in [3.63, 3.8) is 0 Å². The molecule has 0 aliphatic carbocycles. The van der Waals surface area contributed by atoms with E-state index >= 15 is 0 Å². The third-order valence-electron chi connectivity index (χ3n) is 4.46. The zero-order chi connectivity index (χ0) is 15.5. The minimum Gasteiger partial charge on any atom is -0.427 e. The molecule has 0 amide bonds. The summed E-state index contributed by atoms with van der Waals surface area (Å²) < 4.78 is 7.68. The van der Waals surface area contributed by atoms with E-state index in [0.29, 0.717) is 0 Å². The van der Waals surface area contributed by atoms with Gasteiger partial charge in [-0.25, -0.2) is 0 Å². The van der Waals surface area contributed by atoms with Crippen LogP contribution in [0.1, 0.15) is 40.5 Å². The van der Waals surface area contributed by atoms with Crippen molar-refractivity contribution in [2.75, 3.05) is 19.6 Å². The number of rotatable bonds is 7. The third-order valence-corrected chi connectivity index (χ3v) is 4.46. The van der Waals surface area contributed by atoms with Crippen molar-refractivity contribution in [2.45, 2.75) is 58.3 Å². The van der Waals surface area contributed by atoms with Gasteiger partial charge in [-0.05, 0) is 59.1 Å². The van der Waals surface area contributed by atoms with E-state index in [-0.39, 0.29) is 0 Å². The first kappa shape index (κ1) is 16.5. The fourth-order valence-corrected chi connectivity index (χ4v) is 2.17. The monoisotopic (exact) mass is 292 g/mol. The summed E-state index contributed by atoms with van der Waals surface area (Å²) in [6, 6.07) is 0. The van der Waals surface area contributed by atoms with Crippen LogP contribution < -0.4 is 5.46 Å². The molecule has 0 spiro atoms. The Labute approximate surface area is 128 Å². The molecule has 1 aliphatic rings. The molecule has 1 radical (unpaired) electrons. The van der Waals surface area contributed by atoms with Gasteiger partial charge in [-0.15, -0.1) is 0 Å². The van der Waals surface area contributed by atoms with Gasteiger partial charge in [0.2, 0.25) is 0 Å². The van der Waals surface area contributed by atoms with Gasteiger partial charge in [-0.3, -0.25) is 4.68 Å². The van der Waals surface area contributed by atoms with E-state index in [1.807, 2.05) is 24.7 Å². The molecule has 1 aromatic rings. The van der Waals surface area contributed by atoms with Gasteiger partial charge in [0, 0.05) is 18.9 Å². The van der Waals surface area contributed by atoms with Gasteiger partial charge in [0.15, 0.2) is 0 Å². The standard InChI is InChI=1S/C15H27BN3O2/c1-14(2,20)15(3,4)21-16-13-11-17-19(12-13)10-9-18-7-5-6-8-18/h11-12,20H,5-10H2,1-4H3. The number of aliphatic hydroxyl groups is 1. The summed E-state index contributed by atoms with van der Waals surface area (Å²) in [6.45, 7) is 11.6. The van der Waals surface area contributed by atoms with Gasteiger partial charge >= 0.3 is 7.48 Å². The maximum Gasteiger partial charge on any atom is 0.334 e. The highest BCUT2D eigenvalue weighted by atomic mass is 16.5. The van der Waals surface area contributed by atoms with Crippen LogP contribution in [0.15, 0.2) is 12.4 Å². The number of aromatic nitrogens is 2. The first-order chi connectivity index (χ1) is 9.78. The van der Waals surface area contributed by atoms with Gasteiger partial charge in [-0.2, -0.15) is 5.10 Å². The number of nitrogens with zero attached hydrogens (tertiary/aromatic N) is 3. The predicted molar refractivity (Wildman–Crippen MR) is 84.8 cm³/mol. The van der Waals surface area contributed by atoms with Crippen molar-refractivity contribution in [1.29, 1.82) is 0 Å². The average molecular weight is 292 g/mol. The zero-order valence-corrected chi connectivity index (χ0v) is 13.7. The fraction of sp³-hybridized carbons (Fsp3) is 0.800. The first-order valence-electron chi connectivity index (χ1n) is 7.76. The van der Waals surface area contributed by atoms with Gasteiger partial charge in [0.05, 0.1) is 17.7 Å². The Morgan fingerprint density at radius 3 is 2.52 bits per heavy atom. The molecule has 2 heterocycles. The lowest BCUT2D eigenvalue weighted by Crippen LogP contribution is -2.49. The fourth-order valence-electron chi connectivity index (χ4n) is 2.17. The van der Waals surface area contributed by atoms with Crippen LogP contribution in [0.4, 0.5) is 0 Å². The van der Waals surface area contributed by atoms with Gasteiger partial charge in [0.25, 0.3) is 0 Å². The summed E-state index contributed by atoms with van der Waals surface area (Å²) in [5.41, 5.74) is -0.631. The van der Waals surface area contributed by atoms with Crippen LogP contribution in [0.3, 0.4) is 0 Å². The highest BCUT2D eigenvalue weighted by molar-refractivity contribution is 6.46. The Balaban J connectivity index is 1.80. The minimum atomic E-state index is -0.907. The second kappa shape index (κ2) is 6.50. The molecule has 1 aliphatic heterocycles. The molecular weight excluding hydrogens is 265 g/mol. The Kier molecular flexibility index (Phi) is 5.12. The second-order valence-electron chi connectivity index (χ2n) is 6.89. The largest absolute Gasteiger partial charge is 0.427 e. The molecule has 2 rings (SSSR count). The lowest BCUT2D eigenvalue weighted by atomic mass is 9.84. The van der Waals surface area contributed by atoms with Crippen LogP contribution in [-0.4, -0.2) is 58.1 Å². The lowest BCUT2D eigenvalue weighted by molar-refractivity contribution is -0.0893. The zero-order valence-electron chi connectivity index (χ0n) is 13.7. The van der Waals surface area contributed by atoms with Crippen LogP contribution in [0.5, 0.6) is 0 Å². The summed E-state index contributed by atoms with van der Waals surface area (Å²) >= 11 is 0. The number of likely N-dealkylation sites (tertiary alicyclic amines) is 1. The molecule has 0 saturated carbocycles. The Hall–Kier alpha value is -0.845. The predicted octanol–water partition coefficient (Wildman–Crippen LogP) is 0.789. The van der Waals surface area contributed by atoms with Gasteiger partial charge in [-0.1, -0.05) is 0 Å². The molecule has 1 N–H and O–H groups in total.